The number of para-hydroxylation sites is 1. The van der Waals surface area contributed by atoms with Crippen molar-refractivity contribution in [3.8, 4) is 0 Å². The molecular weight excluding hydrogens is 400 g/mol. The van der Waals surface area contributed by atoms with Gasteiger partial charge >= 0.3 is 0 Å². The minimum Gasteiger partial charge on any atom is -0.340 e. The Hall–Kier alpha value is -4.19. The fourth-order valence-electron chi connectivity index (χ4n) is 3.75. The molecule has 6 heteroatoms. The molecule has 0 spiro atoms. The third-order valence-electron chi connectivity index (χ3n) is 5.27. The van der Waals surface area contributed by atoms with E-state index in [2.05, 4.69) is 51.6 Å². The highest BCUT2D eigenvalue weighted by Gasteiger charge is 2.13. The van der Waals surface area contributed by atoms with Crippen LogP contribution in [0, 0.1) is 6.92 Å². The van der Waals surface area contributed by atoms with E-state index in [1.54, 1.807) is 30.5 Å². The van der Waals surface area contributed by atoms with Crippen LogP contribution in [-0.2, 0) is 11.3 Å². The zero-order valence-electron chi connectivity index (χ0n) is 18.0. The van der Waals surface area contributed by atoms with E-state index in [1.165, 1.54) is 12.5 Å². The van der Waals surface area contributed by atoms with Gasteiger partial charge in [0.2, 0.25) is 5.91 Å². The van der Waals surface area contributed by atoms with Crippen molar-refractivity contribution in [3.63, 3.8) is 0 Å². The average molecular weight is 425 g/mol. The van der Waals surface area contributed by atoms with E-state index in [4.69, 9.17) is 0 Å². The first kappa shape index (κ1) is 21.1. The van der Waals surface area contributed by atoms with Crippen molar-refractivity contribution in [2.45, 2.75) is 20.4 Å². The van der Waals surface area contributed by atoms with Gasteiger partial charge in [0.1, 0.15) is 0 Å². The number of nitrogens with one attached hydrogen (secondary N) is 2. The number of benzene rings is 3. The second kappa shape index (κ2) is 9.31. The molecule has 160 valence electrons. The molecule has 2 amide bonds. The molecule has 0 aliphatic rings. The van der Waals surface area contributed by atoms with Gasteiger partial charge in [0, 0.05) is 46.9 Å². The molecular formula is C26H24N4O2. The van der Waals surface area contributed by atoms with E-state index in [0.29, 0.717) is 11.3 Å². The minimum absolute atomic E-state index is 0.192. The number of nitrogens with zero attached hydrogens (tertiary/aromatic N) is 2. The van der Waals surface area contributed by atoms with Gasteiger partial charge in [-0.2, -0.15) is 5.10 Å². The van der Waals surface area contributed by atoms with E-state index >= 15 is 0 Å². The summed E-state index contributed by atoms with van der Waals surface area (Å²) in [7, 11) is 0. The second-order valence-corrected chi connectivity index (χ2v) is 7.55. The van der Waals surface area contributed by atoms with Gasteiger partial charge in [-0.25, -0.2) is 5.43 Å². The Morgan fingerprint density at radius 3 is 2.50 bits per heavy atom. The number of amides is 2. The summed E-state index contributed by atoms with van der Waals surface area (Å²) in [6.45, 7) is 4.24. The predicted octanol–water partition coefficient (Wildman–Crippen LogP) is 4.72. The van der Waals surface area contributed by atoms with Crippen molar-refractivity contribution < 1.29 is 9.59 Å². The Kier molecular flexibility index (Phi) is 6.12. The highest BCUT2D eigenvalue weighted by atomic mass is 16.2. The Bertz CT molecular complexity index is 1310. The van der Waals surface area contributed by atoms with Gasteiger partial charge in [-0.15, -0.1) is 0 Å². The number of carbonyl (C=O) groups is 2. The van der Waals surface area contributed by atoms with Gasteiger partial charge in [0.15, 0.2) is 0 Å². The van der Waals surface area contributed by atoms with Crippen LogP contribution in [0.25, 0.3) is 10.9 Å². The molecule has 0 unspecified atom stereocenters. The van der Waals surface area contributed by atoms with Gasteiger partial charge in [0.25, 0.3) is 5.91 Å². The van der Waals surface area contributed by atoms with Crippen LogP contribution in [0.1, 0.15) is 34.1 Å². The van der Waals surface area contributed by atoms with Crippen molar-refractivity contribution in [1.29, 1.82) is 0 Å². The first-order valence-electron chi connectivity index (χ1n) is 10.4. The molecule has 1 aromatic heterocycles. The van der Waals surface area contributed by atoms with Crippen molar-refractivity contribution in [1.82, 2.24) is 9.99 Å². The lowest BCUT2D eigenvalue weighted by Crippen LogP contribution is -2.18. The standard InChI is InChI=1S/C26H24N4O2/c1-18-24(16-27-29-26(32)21-11-8-12-22(15-21)28-19(2)31)23-13-6-7-14-25(23)30(18)17-20-9-4-3-5-10-20/h3-16H,17H2,1-2H3,(H,28,31)(H,29,32). The van der Waals surface area contributed by atoms with Crippen molar-refractivity contribution >= 4 is 34.6 Å². The van der Waals surface area contributed by atoms with Gasteiger partial charge in [-0.3, -0.25) is 9.59 Å². The fraction of sp³-hybridized carbons (Fsp3) is 0.115. The van der Waals surface area contributed by atoms with E-state index in [-0.39, 0.29) is 11.8 Å². The van der Waals surface area contributed by atoms with Crippen LogP contribution in [-0.4, -0.2) is 22.6 Å². The Morgan fingerprint density at radius 2 is 1.72 bits per heavy atom. The van der Waals surface area contributed by atoms with Gasteiger partial charge in [-0.05, 0) is 36.8 Å². The van der Waals surface area contributed by atoms with Crippen LogP contribution >= 0.6 is 0 Å². The Morgan fingerprint density at radius 1 is 0.969 bits per heavy atom. The molecule has 0 fully saturated rings. The molecule has 0 aliphatic heterocycles. The first-order valence-corrected chi connectivity index (χ1v) is 10.4. The van der Waals surface area contributed by atoms with E-state index in [9.17, 15) is 9.59 Å². The maximum absolute atomic E-state index is 12.5. The second-order valence-electron chi connectivity index (χ2n) is 7.55. The minimum atomic E-state index is -0.348. The summed E-state index contributed by atoms with van der Waals surface area (Å²) in [6, 6.07) is 25.2. The number of rotatable bonds is 6. The summed E-state index contributed by atoms with van der Waals surface area (Å²) in [4.78, 5) is 23.8. The topological polar surface area (TPSA) is 75.5 Å². The molecule has 0 saturated carbocycles. The molecule has 4 rings (SSSR count). The lowest BCUT2D eigenvalue weighted by Gasteiger charge is -2.08. The van der Waals surface area contributed by atoms with Crippen molar-refractivity contribution in [3.05, 3.63) is 101 Å². The Balaban J connectivity index is 1.57. The number of hydrazone groups is 1. The largest absolute Gasteiger partial charge is 0.340 e. The summed E-state index contributed by atoms with van der Waals surface area (Å²) in [6.07, 6.45) is 1.69. The molecule has 3 aromatic carbocycles. The molecule has 6 nitrogen and oxygen atoms in total. The summed E-state index contributed by atoms with van der Waals surface area (Å²) >= 11 is 0. The van der Waals surface area contributed by atoms with Crippen LogP contribution in [0.5, 0.6) is 0 Å². The van der Waals surface area contributed by atoms with E-state index in [0.717, 1.165) is 28.7 Å². The predicted molar refractivity (Wildman–Crippen MR) is 128 cm³/mol. The summed E-state index contributed by atoms with van der Waals surface area (Å²) in [5.74, 6) is -0.540. The van der Waals surface area contributed by atoms with Crippen LogP contribution < -0.4 is 10.7 Å². The Labute approximate surface area is 186 Å². The van der Waals surface area contributed by atoms with Crippen molar-refractivity contribution in [2.24, 2.45) is 5.10 Å². The molecule has 0 atom stereocenters. The molecule has 1 heterocycles. The monoisotopic (exact) mass is 424 g/mol. The zero-order chi connectivity index (χ0) is 22.5. The maximum atomic E-state index is 12.5. The highest BCUT2D eigenvalue weighted by Crippen LogP contribution is 2.25. The van der Waals surface area contributed by atoms with Crippen LogP contribution in [0.2, 0.25) is 0 Å². The summed E-state index contributed by atoms with van der Waals surface area (Å²) < 4.78 is 2.25. The SMILES string of the molecule is CC(=O)Nc1cccc(C(=O)NN=Cc2c(C)n(Cc3ccccc3)c3ccccc23)c1. The molecule has 0 bridgehead atoms. The molecule has 2 N–H and O–H groups in total. The normalized spacial score (nSPS) is 11.1. The van der Waals surface area contributed by atoms with Gasteiger partial charge in [-0.1, -0.05) is 54.6 Å². The number of aromatic nitrogens is 1. The third kappa shape index (κ3) is 4.59. The number of hydrogen-bond donors (Lipinski definition) is 2. The number of carbonyl (C=O) groups excluding carboxylic acids is 2. The lowest BCUT2D eigenvalue weighted by molar-refractivity contribution is -0.114. The highest BCUT2D eigenvalue weighted by molar-refractivity contribution is 6.02. The molecule has 32 heavy (non-hydrogen) atoms. The van der Waals surface area contributed by atoms with E-state index < -0.39 is 0 Å². The third-order valence-corrected chi connectivity index (χ3v) is 5.27. The smallest absolute Gasteiger partial charge is 0.271 e. The zero-order valence-corrected chi connectivity index (χ0v) is 18.0. The van der Waals surface area contributed by atoms with Gasteiger partial charge in [0.05, 0.1) is 6.21 Å². The molecule has 4 aromatic rings. The lowest BCUT2D eigenvalue weighted by atomic mass is 10.1. The fourth-order valence-corrected chi connectivity index (χ4v) is 3.75. The van der Waals surface area contributed by atoms with Crippen LogP contribution in [0.15, 0.2) is 84.0 Å². The number of anilines is 1. The maximum Gasteiger partial charge on any atom is 0.271 e. The van der Waals surface area contributed by atoms with Crippen LogP contribution in [0.3, 0.4) is 0 Å². The summed E-state index contributed by atoms with van der Waals surface area (Å²) in [5.41, 5.74) is 7.93. The summed E-state index contributed by atoms with van der Waals surface area (Å²) in [5, 5.41) is 7.96. The molecule has 0 saturated heterocycles. The first-order chi connectivity index (χ1) is 15.5. The van der Waals surface area contributed by atoms with E-state index in [1.807, 2.05) is 30.3 Å². The van der Waals surface area contributed by atoms with Gasteiger partial charge < -0.3 is 9.88 Å². The average Bonchev–Trinajstić information content (AvgIpc) is 3.05. The number of fused-ring (bicyclic) bond motifs is 1. The molecule has 0 radical (unpaired) electrons. The van der Waals surface area contributed by atoms with Crippen LogP contribution in [0.4, 0.5) is 5.69 Å². The van der Waals surface area contributed by atoms with Crippen molar-refractivity contribution in [2.75, 3.05) is 5.32 Å². The number of hydrogen-bond acceptors (Lipinski definition) is 3. The molecule has 0 aliphatic carbocycles. The quantitative estimate of drug-likeness (QED) is 0.347.